The first-order chi connectivity index (χ1) is 9.66. The summed E-state index contributed by atoms with van der Waals surface area (Å²) in [6.07, 6.45) is 0.702. The third-order valence-electron chi connectivity index (χ3n) is 3.03. The van der Waals surface area contributed by atoms with Crippen LogP contribution in [-0.4, -0.2) is 36.5 Å². The van der Waals surface area contributed by atoms with Gasteiger partial charge in [0.2, 0.25) is 11.8 Å². The number of halogens is 2. The van der Waals surface area contributed by atoms with Gasteiger partial charge in [-0.1, -0.05) is 6.07 Å². The molecule has 1 fully saturated rings. The minimum Gasteiger partial charge on any atom is -0.471 e. The average Bonchev–Trinajstić information content (AvgIpc) is 2.97. The van der Waals surface area contributed by atoms with Crippen molar-refractivity contribution >= 4 is 5.91 Å². The summed E-state index contributed by atoms with van der Waals surface area (Å²) < 4.78 is 29.2. The largest absolute Gasteiger partial charge is 0.471 e. The molecule has 1 aromatic heterocycles. The Labute approximate surface area is 115 Å². The second-order valence-electron chi connectivity index (χ2n) is 4.54. The van der Waals surface area contributed by atoms with Crippen LogP contribution < -0.4 is 15.4 Å². The number of hydrogen-bond donors (Lipinski definition) is 2. The number of alkyl halides is 2. The molecule has 20 heavy (non-hydrogen) atoms. The fourth-order valence-corrected chi connectivity index (χ4v) is 2.04. The van der Waals surface area contributed by atoms with Gasteiger partial charge in [0.15, 0.2) is 6.61 Å². The number of amides is 1. The lowest BCUT2D eigenvalue weighted by atomic mass is 10.2. The zero-order valence-corrected chi connectivity index (χ0v) is 10.9. The van der Waals surface area contributed by atoms with Crippen molar-refractivity contribution in [2.45, 2.75) is 31.9 Å². The van der Waals surface area contributed by atoms with E-state index in [1.165, 1.54) is 6.20 Å². The van der Waals surface area contributed by atoms with E-state index in [1.54, 1.807) is 12.1 Å². The van der Waals surface area contributed by atoms with Crippen molar-refractivity contribution in [2.75, 3.05) is 13.2 Å². The van der Waals surface area contributed by atoms with Crippen molar-refractivity contribution < 1.29 is 18.3 Å². The molecule has 0 spiro atoms. The SMILES string of the molecule is O=C(NCc1cccnc1OCC(F)F)C1CCCN1. The van der Waals surface area contributed by atoms with Gasteiger partial charge in [0.05, 0.1) is 6.04 Å². The smallest absolute Gasteiger partial charge is 0.272 e. The van der Waals surface area contributed by atoms with E-state index in [2.05, 4.69) is 15.6 Å². The second-order valence-corrected chi connectivity index (χ2v) is 4.54. The third kappa shape index (κ3) is 4.12. The van der Waals surface area contributed by atoms with E-state index < -0.39 is 13.0 Å². The van der Waals surface area contributed by atoms with Crippen LogP contribution in [0, 0.1) is 0 Å². The Morgan fingerprint density at radius 3 is 3.15 bits per heavy atom. The molecular weight excluding hydrogens is 268 g/mol. The van der Waals surface area contributed by atoms with Crippen LogP contribution in [0.2, 0.25) is 0 Å². The van der Waals surface area contributed by atoms with Gasteiger partial charge in [0, 0.05) is 18.3 Å². The van der Waals surface area contributed by atoms with Gasteiger partial charge in [-0.3, -0.25) is 4.79 Å². The number of aromatic nitrogens is 1. The molecule has 0 bridgehead atoms. The maximum absolute atomic E-state index is 12.1. The Morgan fingerprint density at radius 2 is 2.45 bits per heavy atom. The predicted octanol–water partition coefficient (Wildman–Crippen LogP) is 1.09. The van der Waals surface area contributed by atoms with Crippen molar-refractivity contribution in [3.63, 3.8) is 0 Å². The monoisotopic (exact) mass is 285 g/mol. The summed E-state index contributed by atoms with van der Waals surface area (Å²) in [6.45, 7) is 0.347. The molecule has 0 radical (unpaired) electrons. The maximum atomic E-state index is 12.1. The van der Waals surface area contributed by atoms with Crippen LogP contribution in [0.3, 0.4) is 0 Å². The molecule has 1 atom stereocenters. The number of carbonyl (C=O) groups excluding carboxylic acids is 1. The quantitative estimate of drug-likeness (QED) is 0.821. The van der Waals surface area contributed by atoms with E-state index in [9.17, 15) is 13.6 Å². The lowest BCUT2D eigenvalue weighted by molar-refractivity contribution is -0.122. The van der Waals surface area contributed by atoms with Gasteiger partial charge < -0.3 is 15.4 Å². The molecule has 2 heterocycles. The highest BCUT2D eigenvalue weighted by molar-refractivity contribution is 5.82. The van der Waals surface area contributed by atoms with Crippen LogP contribution in [0.4, 0.5) is 8.78 Å². The van der Waals surface area contributed by atoms with Gasteiger partial charge in [-0.2, -0.15) is 0 Å². The van der Waals surface area contributed by atoms with Gasteiger partial charge in [-0.25, -0.2) is 13.8 Å². The first-order valence-corrected chi connectivity index (χ1v) is 6.53. The lowest BCUT2D eigenvalue weighted by Crippen LogP contribution is -2.40. The normalized spacial score (nSPS) is 18.2. The molecule has 5 nitrogen and oxygen atoms in total. The van der Waals surface area contributed by atoms with Crippen LogP contribution >= 0.6 is 0 Å². The standard InChI is InChI=1S/C13H17F2N3O2/c14-11(15)8-20-13-9(3-1-6-17-13)7-18-12(19)10-4-2-5-16-10/h1,3,6,10-11,16H,2,4-5,7-8H2,(H,18,19). The zero-order valence-electron chi connectivity index (χ0n) is 10.9. The van der Waals surface area contributed by atoms with Crippen molar-refractivity contribution in [3.05, 3.63) is 23.9 Å². The van der Waals surface area contributed by atoms with Gasteiger partial charge in [0.1, 0.15) is 0 Å². The molecule has 7 heteroatoms. The average molecular weight is 285 g/mol. The van der Waals surface area contributed by atoms with Gasteiger partial charge in [0.25, 0.3) is 6.43 Å². The molecule has 2 rings (SSSR count). The Morgan fingerprint density at radius 1 is 1.60 bits per heavy atom. The Kier molecular flexibility index (Phi) is 5.23. The van der Waals surface area contributed by atoms with Crippen LogP contribution in [0.15, 0.2) is 18.3 Å². The lowest BCUT2D eigenvalue weighted by Gasteiger charge is -2.13. The van der Waals surface area contributed by atoms with E-state index in [4.69, 9.17) is 4.74 Å². The number of rotatable bonds is 6. The topological polar surface area (TPSA) is 63.2 Å². The van der Waals surface area contributed by atoms with Crippen molar-refractivity contribution in [3.8, 4) is 5.88 Å². The van der Waals surface area contributed by atoms with Crippen molar-refractivity contribution in [2.24, 2.45) is 0 Å². The number of hydrogen-bond acceptors (Lipinski definition) is 4. The van der Waals surface area contributed by atoms with Gasteiger partial charge in [-0.05, 0) is 25.5 Å². The molecule has 1 saturated heterocycles. The minimum absolute atomic E-state index is 0.0915. The summed E-state index contributed by atoms with van der Waals surface area (Å²) in [7, 11) is 0. The molecule has 1 aliphatic rings. The molecule has 1 aliphatic heterocycles. The van der Waals surface area contributed by atoms with Crippen LogP contribution in [0.25, 0.3) is 0 Å². The summed E-state index contributed by atoms with van der Waals surface area (Å²) in [6, 6.07) is 3.19. The fourth-order valence-electron chi connectivity index (χ4n) is 2.04. The van der Waals surface area contributed by atoms with Crippen LogP contribution in [0.1, 0.15) is 18.4 Å². The number of nitrogens with one attached hydrogen (secondary N) is 2. The Hall–Kier alpha value is -1.76. The molecular formula is C13H17F2N3O2. The highest BCUT2D eigenvalue weighted by Gasteiger charge is 2.21. The van der Waals surface area contributed by atoms with E-state index in [0.717, 1.165) is 19.4 Å². The fraction of sp³-hybridized carbons (Fsp3) is 0.538. The highest BCUT2D eigenvalue weighted by atomic mass is 19.3. The second kappa shape index (κ2) is 7.14. The molecule has 110 valence electrons. The van der Waals surface area contributed by atoms with E-state index in [-0.39, 0.29) is 24.4 Å². The van der Waals surface area contributed by atoms with Crippen LogP contribution in [0.5, 0.6) is 5.88 Å². The van der Waals surface area contributed by atoms with E-state index >= 15 is 0 Å². The summed E-state index contributed by atoms with van der Waals surface area (Å²) in [5.41, 5.74) is 0.583. The summed E-state index contributed by atoms with van der Waals surface area (Å²) >= 11 is 0. The Bertz CT molecular complexity index is 451. The minimum atomic E-state index is -2.55. The molecule has 0 aromatic carbocycles. The third-order valence-corrected chi connectivity index (χ3v) is 3.03. The number of nitrogens with zero attached hydrogens (tertiary/aromatic N) is 1. The molecule has 0 saturated carbocycles. The van der Waals surface area contributed by atoms with Crippen molar-refractivity contribution in [1.29, 1.82) is 0 Å². The molecule has 0 aliphatic carbocycles. The van der Waals surface area contributed by atoms with Crippen molar-refractivity contribution in [1.82, 2.24) is 15.6 Å². The summed E-state index contributed by atoms with van der Waals surface area (Å²) in [5, 5.41) is 5.85. The predicted molar refractivity (Wildman–Crippen MR) is 68.6 cm³/mol. The maximum Gasteiger partial charge on any atom is 0.272 e. The van der Waals surface area contributed by atoms with Gasteiger partial charge in [-0.15, -0.1) is 0 Å². The number of ether oxygens (including phenoxy) is 1. The van der Waals surface area contributed by atoms with E-state index in [0.29, 0.717) is 5.56 Å². The molecule has 1 amide bonds. The first-order valence-electron chi connectivity index (χ1n) is 6.53. The van der Waals surface area contributed by atoms with E-state index in [1.807, 2.05) is 0 Å². The number of carbonyl (C=O) groups is 1. The summed E-state index contributed by atoms with van der Waals surface area (Å²) in [4.78, 5) is 15.7. The molecule has 1 unspecified atom stereocenters. The summed E-state index contributed by atoms with van der Waals surface area (Å²) in [5.74, 6) is 0.0404. The molecule has 1 aromatic rings. The first kappa shape index (κ1) is 14.6. The number of pyridine rings is 1. The molecule has 2 N–H and O–H groups in total. The zero-order chi connectivity index (χ0) is 14.4. The Balaban J connectivity index is 1.89. The highest BCUT2D eigenvalue weighted by Crippen LogP contribution is 2.15. The van der Waals surface area contributed by atoms with Gasteiger partial charge >= 0.3 is 0 Å². The van der Waals surface area contributed by atoms with Crippen LogP contribution in [-0.2, 0) is 11.3 Å².